The van der Waals surface area contributed by atoms with Crippen molar-refractivity contribution in [2.24, 2.45) is 5.92 Å². The topological polar surface area (TPSA) is 66.5 Å². The van der Waals surface area contributed by atoms with Crippen LogP contribution in [-0.4, -0.2) is 38.3 Å². The van der Waals surface area contributed by atoms with Crippen molar-refractivity contribution in [3.63, 3.8) is 0 Å². The van der Waals surface area contributed by atoms with E-state index in [1.807, 2.05) is 18.2 Å². The number of thiophene rings is 1. The zero-order valence-electron chi connectivity index (χ0n) is 15.8. The highest BCUT2D eigenvalue weighted by Gasteiger charge is 2.27. The second-order valence-electron chi connectivity index (χ2n) is 7.26. The number of piperidine rings is 1. The van der Waals surface area contributed by atoms with E-state index in [2.05, 4.69) is 19.2 Å². The molecule has 0 aliphatic carbocycles. The molecule has 1 aromatic heterocycles. The zero-order valence-corrected chi connectivity index (χ0v) is 17.4. The molecule has 2 aromatic rings. The molecule has 0 atom stereocenters. The normalized spacial score (nSPS) is 15.8. The number of carbonyl (C=O) groups is 1. The second kappa shape index (κ2) is 8.54. The average molecular weight is 407 g/mol. The molecular formula is C20H26N2O3S2. The van der Waals surface area contributed by atoms with Crippen molar-refractivity contribution >= 4 is 27.3 Å². The molecule has 0 radical (unpaired) electrons. The van der Waals surface area contributed by atoms with Crippen molar-refractivity contribution in [2.45, 2.75) is 37.3 Å². The van der Waals surface area contributed by atoms with Gasteiger partial charge in [-0.15, -0.1) is 11.3 Å². The lowest BCUT2D eigenvalue weighted by atomic mass is 10.1. The van der Waals surface area contributed by atoms with Gasteiger partial charge in [-0.25, -0.2) is 8.42 Å². The molecule has 0 spiro atoms. The van der Waals surface area contributed by atoms with Gasteiger partial charge in [0.2, 0.25) is 0 Å². The van der Waals surface area contributed by atoms with E-state index in [1.165, 1.54) is 11.3 Å². The first-order valence-electron chi connectivity index (χ1n) is 9.36. The highest BCUT2D eigenvalue weighted by molar-refractivity contribution is 7.91. The van der Waals surface area contributed by atoms with Crippen LogP contribution in [0.3, 0.4) is 0 Å². The van der Waals surface area contributed by atoms with E-state index in [0.717, 1.165) is 29.7 Å². The van der Waals surface area contributed by atoms with E-state index >= 15 is 0 Å². The van der Waals surface area contributed by atoms with Crippen molar-refractivity contribution in [3.05, 3.63) is 42.0 Å². The number of hydrogen-bond acceptors (Lipinski definition) is 4. The van der Waals surface area contributed by atoms with E-state index in [-0.39, 0.29) is 5.91 Å². The molecule has 1 fully saturated rings. The van der Waals surface area contributed by atoms with Gasteiger partial charge in [-0.3, -0.25) is 4.79 Å². The van der Waals surface area contributed by atoms with Crippen LogP contribution in [0.4, 0.5) is 0 Å². The van der Waals surface area contributed by atoms with Crippen LogP contribution >= 0.6 is 11.3 Å². The molecule has 5 nitrogen and oxygen atoms in total. The van der Waals surface area contributed by atoms with E-state index < -0.39 is 10.0 Å². The Balaban J connectivity index is 1.73. The summed E-state index contributed by atoms with van der Waals surface area (Å²) < 4.78 is 27.5. The van der Waals surface area contributed by atoms with Gasteiger partial charge in [0, 0.05) is 30.1 Å². The Labute approximate surface area is 165 Å². The molecule has 27 heavy (non-hydrogen) atoms. The van der Waals surface area contributed by atoms with E-state index in [9.17, 15) is 13.2 Å². The number of benzene rings is 1. The van der Waals surface area contributed by atoms with Gasteiger partial charge in [0.1, 0.15) is 4.21 Å². The van der Waals surface area contributed by atoms with E-state index in [4.69, 9.17) is 0 Å². The largest absolute Gasteiger partial charge is 0.352 e. The van der Waals surface area contributed by atoms with E-state index in [1.54, 1.807) is 22.5 Å². The maximum atomic E-state index is 12.8. The molecule has 0 bridgehead atoms. The lowest BCUT2D eigenvalue weighted by Crippen LogP contribution is -2.35. The minimum Gasteiger partial charge on any atom is -0.352 e. The summed E-state index contributed by atoms with van der Waals surface area (Å²) in [6, 6.07) is 10.8. The summed E-state index contributed by atoms with van der Waals surface area (Å²) in [7, 11) is -3.40. The van der Waals surface area contributed by atoms with Crippen LogP contribution in [0.5, 0.6) is 0 Å². The van der Waals surface area contributed by atoms with Gasteiger partial charge in [-0.2, -0.15) is 4.31 Å². The average Bonchev–Trinajstić information content (AvgIpc) is 3.18. The summed E-state index contributed by atoms with van der Waals surface area (Å²) in [5, 5.41) is 2.90. The van der Waals surface area contributed by atoms with Crippen LogP contribution in [0.25, 0.3) is 10.4 Å². The van der Waals surface area contributed by atoms with Crippen LogP contribution in [0.1, 0.15) is 43.5 Å². The number of hydrogen-bond donors (Lipinski definition) is 1. The fourth-order valence-electron chi connectivity index (χ4n) is 3.03. The Hall–Kier alpha value is -1.70. The van der Waals surface area contributed by atoms with E-state index in [0.29, 0.717) is 35.3 Å². The molecule has 1 aliphatic rings. The molecular weight excluding hydrogens is 380 g/mol. The number of nitrogens with one attached hydrogen (secondary N) is 1. The fourth-order valence-corrected chi connectivity index (χ4v) is 6.01. The molecule has 2 heterocycles. The summed E-state index contributed by atoms with van der Waals surface area (Å²) in [6.45, 7) is 5.96. The van der Waals surface area contributed by atoms with Gasteiger partial charge in [-0.05, 0) is 48.6 Å². The summed E-state index contributed by atoms with van der Waals surface area (Å²) in [4.78, 5) is 13.0. The third-order valence-corrected chi connectivity index (χ3v) is 8.09. The lowest BCUT2D eigenvalue weighted by molar-refractivity contribution is 0.0949. The standard InChI is InChI=1S/C20H26N2O3S2/c1-15(2)14-21-20(23)17-8-6-16(7-9-17)18-10-11-19(26-18)27(24,25)22-12-4-3-5-13-22/h6-11,15H,3-5,12-14H2,1-2H3,(H,21,23). The van der Waals surface area contributed by atoms with Crippen molar-refractivity contribution in [3.8, 4) is 10.4 Å². The van der Waals surface area contributed by atoms with Crippen molar-refractivity contribution in [1.82, 2.24) is 9.62 Å². The zero-order chi connectivity index (χ0) is 19.4. The fraction of sp³-hybridized carbons (Fsp3) is 0.450. The van der Waals surface area contributed by atoms with Gasteiger partial charge >= 0.3 is 0 Å². The summed E-state index contributed by atoms with van der Waals surface area (Å²) >= 11 is 1.28. The third-order valence-electron chi connectivity index (χ3n) is 4.59. The number of carbonyl (C=O) groups excluding carboxylic acids is 1. The SMILES string of the molecule is CC(C)CNC(=O)c1ccc(-c2ccc(S(=O)(=O)N3CCCCC3)s2)cc1. The van der Waals surface area contributed by atoms with Gasteiger partial charge in [0.15, 0.2) is 0 Å². The molecule has 7 heteroatoms. The highest BCUT2D eigenvalue weighted by Crippen LogP contribution is 2.33. The van der Waals surface area contributed by atoms with Crippen molar-refractivity contribution < 1.29 is 13.2 Å². The number of sulfonamides is 1. The van der Waals surface area contributed by atoms with Gasteiger partial charge in [-0.1, -0.05) is 32.4 Å². The van der Waals surface area contributed by atoms with Crippen LogP contribution in [0.2, 0.25) is 0 Å². The molecule has 1 N–H and O–H groups in total. The van der Waals surface area contributed by atoms with Crippen molar-refractivity contribution in [1.29, 1.82) is 0 Å². The molecule has 1 amide bonds. The smallest absolute Gasteiger partial charge is 0.252 e. The predicted molar refractivity (Wildman–Crippen MR) is 110 cm³/mol. The number of amides is 1. The molecule has 0 unspecified atom stereocenters. The third kappa shape index (κ3) is 4.78. The number of nitrogens with zero attached hydrogens (tertiary/aromatic N) is 1. The summed E-state index contributed by atoms with van der Waals surface area (Å²) in [6.07, 6.45) is 2.95. The van der Waals surface area contributed by atoms with Gasteiger partial charge in [0.25, 0.3) is 15.9 Å². The predicted octanol–water partition coefficient (Wildman–Crippen LogP) is 3.98. The second-order valence-corrected chi connectivity index (χ2v) is 10.5. The maximum absolute atomic E-state index is 12.8. The molecule has 1 saturated heterocycles. The first-order valence-corrected chi connectivity index (χ1v) is 11.6. The van der Waals surface area contributed by atoms with Gasteiger partial charge < -0.3 is 5.32 Å². The Morgan fingerprint density at radius 2 is 1.74 bits per heavy atom. The molecule has 1 aromatic carbocycles. The maximum Gasteiger partial charge on any atom is 0.252 e. The Bertz CT molecular complexity index is 880. The summed E-state index contributed by atoms with van der Waals surface area (Å²) in [5.41, 5.74) is 1.53. The van der Waals surface area contributed by atoms with Crippen LogP contribution in [-0.2, 0) is 10.0 Å². The monoisotopic (exact) mass is 406 g/mol. The minimum atomic E-state index is -3.40. The molecule has 0 saturated carbocycles. The Morgan fingerprint density at radius 1 is 1.07 bits per heavy atom. The first-order chi connectivity index (χ1) is 12.9. The first kappa shape index (κ1) is 20.0. The van der Waals surface area contributed by atoms with Crippen LogP contribution in [0.15, 0.2) is 40.6 Å². The van der Waals surface area contributed by atoms with Gasteiger partial charge in [0.05, 0.1) is 0 Å². The quantitative estimate of drug-likeness (QED) is 0.789. The molecule has 1 aliphatic heterocycles. The minimum absolute atomic E-state index is 0.0882. The lowest BCUT2D eigenvalue weighted by Gasteiger charge is -2.25. The summed E-state index contributed by atoms with van der Waals surface area (Å²) in [5.74, 6) is 0.314. The number of rotatable bonds is 6. The Kier molecular flexibility index (Phi) is 6.34. The molecule has 3 rings (SSSR count). The Morgan fingerprint density at radius 3 is 2.37 bits per heavy atom. The molecule has 146 valence electrons. The van der Waals surface area contributed by atoms with Crippen molar-refractivity contribution in [2.75, 3.05) is 19.6 Å². The van der Waals surface area contributed by atoms with Crippen LogP contribution in [0, 0.1) is 5.92 Å². The van der Waals surface area contributed by atoms with Crippen LogP contribution < -0.4 is 5.32 Å². The highest BCUT2D eigenvalue weighted by atomic mass is 32.2.